The lowest BCUT2D eigenvalue weighted by atomic mass is 9.74. The molecule has 1 heterocycles. The van der Waals surface area contributed by atoms with Gasteiger partial charge in [-0.1, -0.05) is 30.3 Å². The Morgan fingerprint density at radius 1 is 1.23 bits per heavy atom. The minimum atomic E-state index is -0.973. The summed E-state index contributed by atoms with van der Waals surface area (Å²) in [5.74, 6) is -0.300. The van der Waals surface area contributed by atoms with Crippen molar-refractivity contribution in [1.29, 1.82) is 0 Å². The number of likely N-dealkylation sites (tertiary alicyclic amines) is 1. The van der Waals surface area contributed by atoms with Gasteiger partial charge in [0.15, 0.2) is 5.78 Å². The Kier molecular flexibility index (Phi) is 3.81. The number of carbonyl (C=O) groups excluding carboxylic acids is 2. The lowest BCUT2D eigenvalue weighted by molar-refractivity contribution is -0.165. The molecule has 1 atom stereocenters. The predicted molar refractivity (Wildman–Crippen MR) is 83.2 cm³/mol. The second-order valence-corrected chi connectivity index (χ2v) is 6.57. The third-order valence-electron chi connectivity index (χ3n) is 5.08. The summed E-state index contributed by atoms with van der Waals surface area (Å²) in [6.07, 6.45) is 2.25. The van der Waals surface area contributed by atoms with Gasteiger partial charge in [0.05, 0.1) is 12.1 Å². The smallest absolute Gasteiger partial charge is 0.319 e. The highest BCUT2D eigenvalue weighted by atomic mass is 16.5. The van der Waals surface area contributed by atoms with Crippen LogP contribution in [0.2, 0.25) is 0 Å². The van der Waals surface area contributed by atoms with Crippen molar-refractivity contribution in [3.8, 4) is 0 Å². The van der Waals surface area contributed by atoms with Gasteiger partial charge in [0.25, 0.3) is 0 Å². The molecule has 3 rings (SSSR count). The average Bonchev–Trinajstić information content (AvgIpc) is 3.31. The standard InChI is InChI=1S/C18H23NO3/c1-3-22-16(21)17(2)11-12-19(18(9-10-18)15(17)20)13-14-7-5-4-6-8-14/h4-8H,3,9-13H2,1-2H3. The van der Waals surface area contributed by atoms with Crippen molar-refractivity contribution in [2.24, 2.45) is 5.41 Å². The van der Waals surface area contributed by atoms with Gasteiger partial charge >= 0.3 is 5.97 Å². The van der Waals surface area contributed by atoms with Crippen LogP contribution in [0.5, 0.6) is 0 Å². The van der Waals surface area contributed by atoms with E-state index in [1.165, 1.54) is 5.56 Å². The third-order valence-corrected chi connectivity index (χ3v) is 5.08. The van der Waals surface area contributed by atoms with Gasteiger partial charge in [-0.15, -0.1) is 0 Å². The number of hydrogen-bond acceptors (Lipinski definition) is 4. The molecule has 2 fully saturated rings. The van der Waals surface area contributed by atoms with Crippen LogP contribution >= 0.6 is 0 Å². The topological polar surface area (TPSA) is 46.6 Å². The highest BCUT2D eigenvalue weighted by Crippen LogP contribution is 2.52. The second kappa shape index (κ2) is 5.51. The Labute approximate surface area is 131 Å². The van der Waals surface area contributed by atoms with E-state index in [1.54, 1.807) is 13.8 Å². The van der Waals surface area contributed by atoms with Gasteiger partial charge in [-0.25, -0.2) is 0 Å². The molecule has 4 heteroatoms. The van der Waals surface area contributed by atoms with Crippen molar-refractivity contribution >= 4 is 11.8 Å². The molecule has 1 unspecified atom stereocenters. The van der Waals surface area contributed by atoms with E-state index in [4.69, 9.17) is 4.74 Å². The van der Waals surface area contributed by atoms with E-state index in [9.17, 15) is 9.59 Å². The fraction of sp³-hybridized carbons (Fsp3) is 0.556. The molecule has 1 spiro atoms. The van der Waals surface area contributed by atoms with Gasteiger partial charge in [-0.05, 0) is 38.7 Å². The molecule has 1 aromatic carbocycles. The van der Waals surface area contributed by atoms with Crippen LogP contribution in [-0.4, -0.2) is 35.3 Å². The van der Waals surface area contributed by atoms with Crippen molar-refractivity contribution in [1.82, 2.24) is 4.90 Å². The quantitative estimate of drug-likeness (QED) is 0.633. The number of carbonyl (C=O) groups is 2. The first kappa shape index (κ1) is 15.2. The van der Waals surface area contributed by atoms with Crippen LogP contribution in [0.4, 0.5) is 0 Å². The van der Waals surface area contributed by atoms with Crippen LogP contribution in [0, 0.1) is 5.41 Å². The van der Waals surface area contributed by atoms with Crippen LogP contribution in [-0.2, 0) is 20.9 Å². The number of ether oxygens (including phenoxy) is 1. The number of piperidine rings is 1. The average molecular weight is 301 g/mol. The molecule has 2 aliphatic rings. The molecule has 0 bridgehead atoms. The van der Waals surface area contributed by atoms with Crippen molar-refractivity contribution in [2.45, 2.75) is 45.2 Å². The van der Waals surface area contributed by atoms with Crippen LogP contribution in [0.1, 0.15) is 38.7 Å². The van der Waals surface area contributed by atoms with Crippen molar-refractivity contribution in [3.05, 3.63) is 35.9 Å². The molecular formula is C18H23NO3. The molecule has 22 heavy (non-hydrogen) atoms. The maximum absolute atomic E-state index is 13.0. The van der Waals surface area contributed by atoms with Gasteiger partial charge in [-0.2, -0.15) is 0 Å². The molecule has 0 amide bonds. The molecule has 4 nitrogen and oxygen atoms in total. The molecular weight excluding hydrogens is 278 g/mol. The number of esters is 1. The lowest BCUT2D eigenvalue weighted by Crippen LogP contribution is -2.58. The van der Waals surface area contributed by atoms with E-state index < -0.39 is 11.0 Å². The molecule has 118 valence electrons. The highest BCUT2D eigenvalue weighted by molar-refractivity contribution is 6.09. The maximum atomic E-state index is 13.0. The van der Waals surface area contributed by atoms with E-state index in [2.05, 4.69) is 17.0 Å². The van der Waals surface area contributed by atoms with E-state index in [0.717, 1.165) is 25.9 Å². The number of nitrogens with zero attached hydrogens (tertiary/aromatic N) is 1. The first-order valence-corrected chi connectivity index (χ1v) is 8.04. The number of benzene rings is 1. The maximum Gasteiger partial charge on any atom is 0.319 e. The van der Waals surface area contributed by atoms with Crippen molar-refractivity contribution < 1.29 is 14.3 Å². The van der Waals surface area contributed by atoms with Crippen molar-refractivity contribution in [2.75, 3.05) is 13.2 Å². The molecule has 1 saturated carbocycles. The zero-order chi connectivity index (χ0) is 15.8. The van der Waals surface area contributed by atoms with Crippen LogP contribution in [0.25, 0.3) is 0 Å². The molecule has 1 aliphatic heterocycles. The Bertz CT molecular complexity index is 579. The number of Topliss-reactive ketones (excluding diaryl/α,β-unsaturated/α-hetero) is 1. The molecule has 1 saturated heterocycles. The van der Waals surface area contributed by atoms with E-state index in [-0.39, 0.29) is 11.8 Å². The van der Waals surface area contributed by atoms with Crippen LogP contribution in [0.15, 0.2) is 30.3 Å². The Morgan fingerprint density at radius 3 is 2.50 bits per heavy atom. The zero-order valence-corrected chi connectivity index (χ0v) is 13.3. The van der Waals surface area contributed by atoms with Gasteiger partial charge in [0.2, 0.25) is 0 Å². The minimum absolute atomic E-state index is 0.0561. The molecule has 1 aromatic rings. The Balaban J connectivity index is 1.79. The van der Waals surface area contributed by atoms with Crippen LogP contribution in [0.3, 0.4) is 0 Å². The lowest BCUT2D eigenvalue weighted by Gasteiger charge is -2.42. The minimum Gasteiger partial charge on any atom is -0.465 e. The second-order valence-electron chi connectivity index (χ2n) is 6.57. The first-order valence-electron chi connectivity index (χ1n) is 8.04. The summed E-state index contributed by atoms with van der Waals surface area (Å²) < 4.78 is 5.15. The predicted octanol–water partition coefficient (Wildman–Crippen LogP) is 2.56. The third kappa shape index (κ3) is 2.35. The number of ketones is 1. The SMILES string of the molecule is CCOC(=O)C1(C)CCN(Cc2ccccc2)C2(CC2)C1=O. The molecule has 1 aliphatic carbocycles. The Morgan fingerprint density at radius 2 is 1.91 bits per heavy atom. The monoisotopic (exact) mass is 301 g/mol. The van der Waals surface area contributed by atoms with Gasteiger partial charge in [0.1, 0.15) is 5.41 Å². The molecule has 0 radical (unpaired) electrons. The summed E-state index contributed by atoms with van der Waals surface area (Å²) >= 11 is 0. The van der Waals surface area contributed by atoms with E-state index in [1.807, 2.05) is 18.2 Å². The molecule has 0 aromatic heterocycles. The van der Waals surface area contributed by atoms with Crippen LogP contribution < -0.4 is 0 Å². The van der Waals surface area contributed by atoms with Gasteiger partial charge < -0.3 is 4.74 Å². The largest absolute Gasteiger partial charge is 0.465 e. The van der Waals surface area contributed by atoms with Gasteiger partial charge in [0, 0.05) is 13.1 Å². The first-order chi connectivity index (χ1) is 10.5. The number of hydrogen-bond donors (Lipinski definition) is 0. The summed E-state index contributed by atoms with van der Waals surface area (Å²) in [6, 6.07) is 10.2. The van der Waals surface area contributed by atoms with Gasteiger partial charge in [-0.3, -0.25) is 14.5 Å². The summed E-state index contributed by atoms with van der Waals surface area (Å²) in [4.78, 5) is 27.5. The van der Waals surface area contributed by atoms with Crippen molar-refractivity contribution in [3.63, 3.8) is 0 Å². The summed E-state index contributed by atoms with van der Waals surface area (Å²) in [5, 5.41) is 0. The normalized spacial score (nSPS) is 26.9. The zero-order valence-electron chi connectivity index (χ0n) is 13.3. The van der Waals surface area contributed by atoms with E-state index in [0.29, 0.717) is 13.0 Å². The molecule has 0 N–H and O–H groups in total. The number of rotatable bonds is 4. The van der Waals surface area contributed by atoms with E-state index >= 15 is 0 Å². The fourth-order valence-corrected chi connectivity index (χ4v) is 3.52. The summed E-state index contributed by atoms with van der Waals surface area (Å²) in [7, 11) is 0. The summed E-state index contributed by atoms with van der Waals surface area (Å²) in [6.45, 7) is 5.39. The Hall–Kier alpha value is -1.68. The summed E-state index contributed by atoms with van der Waals surface area (Å²) in [5.41, 5.74) is -0.198. The fourth-order valence-electron chi connectivity index (χ4n) is 3.52. The highest BCUT2D eigenvalue weighted by Gasteiger charge is 2.64.